The summed E-state index contributed by atoms with van der Waals surface area (Å²) in [6.07, 6.45) is 1.72. The minimum absolute atomic E-state index is 0.0961. The first-order valence-electron chi connectivity index (χ1n) is 11.1. The Bertz CT molecular complexity index is 1190. The monoisotopic (exact) mass is 479 g/mol. The van der Waals surface area contributed by atoms with Gasteiger partial charge in [-0.2, -0.15) is 4.98 Å². The lowest BCUT2D eigenvalue weighted by molar-refractivity contribution is 0.0639. The largest absolute Gasteiger partial charge is 0.339 e. The SMILES string of the molecule is Cc1nc(-c2ccccc2)sc1C(=O)N1CCN(CCCc2nc(-c3cccs3)no2)CC1. The standard InChI is InChI=1S/C24H25N5O2S2/c1-17-21(33-23(25-17)18-7-3-2-4-8-18)24(30)29-14-12-28(13-15-29)11-5-10-20-26-22(27-31-20)19-9-6-16-32-19/h2-4,6-9,16H,5,10-15H2,1H3. The Morgan fingerprint density at radius 1 is 1.06 bits per heavy atom. The minimum Gasteiger partial charge on any atom is -0.339 e. The highest BCUT2D eigenvalue weighted by molar-refractivity contribution is 7.17. The van der Waals surface area contributed by atoms with Gasteiger partial charge in [0, 0.05) is 38.2 Å². The van der Waals surface area contributed by atoms with Crippen LogP contribution in [0.5, 0.6) is 0 Å². The van der Waals surface area contributed by atoms with Crippen LogP contribution in [0.1, 0.15) is 27.7 Å². The Kier molecular flexibility index (Phi) is 6.61. The molecule has 4 aromatic rings. The zero-order valence-electron chi connectivity index (χ0n) is 18.4. The highest BCUT2D eigenvalue weighted by Gasteiger charge is 2.25. The van der Waals surface area contributed by atoms with E-state index in [1.165, 1.54) is 11.3 Å². The molecule has 0 spiro atoms. The van der Waals surface area contributed by atoms with Crippen molar-refractivity contribution < 1.29 is 9.32 Å². The number of carbonyl (C=O) groups excluding carboxylic acids is 1. The van der Waals surface area contributed by atoms with Crippen molar-refractivity contribution in [1.29, 1.82) is 0 Å². The second kappa shape index (κ2) is 9.94. The Labute approximate surface area is 200 Å². The van der Waals surface area contributed by atoms with E-state index >= 15 is 0 Å². The number of rotatable bonds is 7. The summed E-state index contributed by atoms with van der Waals surface area (Å²) in [5.41, 5.74) is 1.87. The molecule has 0 unspecified atom stereocenters. The van der Waals surface area contributed by atoms with Gasteiger partial charge < -0.3 is 9.42 Å². The van der Waals surface area contributed by atoms with Crippen LogP contribution in [-0.4, -0.2) is 63.6 Å². The molecular formula is C24H25N5O2S2. The van der Waals surface area contributed by atoms with Crippen molar-refractivity contribution in [1.82, 2.24) is 24.9 Å². The molecule has 0 bridgehead atoms. The van der Waals surface area contributed by atoms with E-state index in [9.17, 15) is 4.79 Å². The molecule has 1 saturated heterocycles. The number of amides is 1. The molecule has 0 saturated carbocycles. The number of aryl methyl sites for hydroxylation is 2. The van der Waals surface area contributed by atoms with Crippen LogP contribution in [0.2, 0.25) is 0 Å². The highest BCUT2D eigenvalue weighted by Crippen LogP contribution is 2.29. The van der Waals surface area contributed by atoms with Crippen molar-refractivity contribution in [2.24, 2.45) is 0 Å². The van der Waals surface area contributed by atoms with Crippen molar-refractivity contribution in [3.8, 4) is 21.3 Å². The maximum Gasteiger partial charge on any atom is 0.265 e. The van der Waals surface area contributed by atoms with E-state index in [0.717, 1.165) is 71.6 Å². The number of aromatic nitrogens is 3. The molecule has 4 heterocycles. The average molecular weight is 480 g/mol. The maximum atomic E-state index is 13.1. The second-order valence-corrected chi connectivity index (χ2v) is 9.97. The number of thiophene rings is 1. The van der Waals surface area contributed by atoms with Crippen LogP contribution in [-0.2, 0) is 6.42 Å². The molecule has 1 aromatic carbocycles. The molecule has 0 atom stereocenters. The number of hydrogen-bond acceptors (Lipinski definition) is 8. The number of hydrogen-bond donors (Lipinski definition) is 0. The zero-order chi connectivity index (χ0) is 22.6. The van der Waals surface area contributed by atoms with Crippen molar-refractivity contribution in [2.75, 3.05) is 32.7 Å². The van der Waals surface area contributed by atoms with E-state index in [1.54, 1.807) is 11.3 Å². The van der Waals surface area contributed by atoms with Gasteiger partial charge >= 0.3 is 0 Å². The summed E-state index contributed by atoms with van der Waals surface area (Å²) in [7, 11) is 0. The molecule has 1 aliphatic rings. The molecule has 170 valence electrons. The third-order valence-corrected chi connectivity index (χ3v) is 7.81. The summed E-state index contributed by atoms with van der Waals surface area (Å²) in [5, 5.41) is 6.98. The third-order valence-electron chi connectivity index (χ3n) is 5.75. The average Bonchev–Trinajstić information content (AvgIpc) is 3.61. The molecule has 0 aliphatic carbocycles. The van der Waals surface area contributed by atoms with E-state index in [4.69, 9.17) is 4.52 Å². The topological polar surface area (TPSA) is 75.4 Å². The lowest BCUT2D eigenvalue weighted by Gasteiger charge is -2.34. The quantitative estimate of drug-likeness (QED) is 0.385. The third kappa shape index (κ3) is 5.05. The van der Waals surface area contributed by atoms with Crippen LogP contribution in [0.15, 0.2) is 52.4 Å². The number of piperazine rings is 1. The molecule has 7 nitrogen and oxygen atoms in total. The van der Waals surface area contributed by atoms with Crippen LogP contribution in [0.3, 0.4) is 0 Å². The normalized spacial score (nSPS) is 14.6. The molecule has 33 heavy (non-hydrogen) atoms. The maximum absolute atomic E-state index is 13.1. The molecule has 9 heteroatoms. The smallest absolute Gasteiger partial charge is 0.265 e. The van der Waals surface area contributed by atoms with Gasteiger partial charge in [-0.25, -0.2) is 4.98 Å². The summed E-state index contributed by atoms with van der Waals surface area (Å²) in [6, 6.07) is 14.0. The molecule has 1 fully saturated rings. The van der Waals surface area contributed by atoms with Gasteiger partial charge in [0.05, 0.1) is 10.6 Å². The van der Waals surface area contributed by atoms with Crippen LogP contribution >= 0.6 is 22.7 Å². The lowest BCUT2D eigenvalue weighted by atomic mass is 10.2. The number of nitrogens with zero attached hydrogens (tertiary/aromatic N) is 5. The highest BCUT2D eigenvalue weighted by atomic mass is 32.1. The van der Waals surface area contributed by atoms with Gasteiger partial charge in [0.25, 0.3) is 5.91 Å². The summed E-state index contributed by atoms with van der Waals surface area (Å²) in [4.78, 5) is 28.4. The zero-order valence-corrected chi connectivity index (χ0v) is 20.1. The van der Waals surface area contributed by atoms with E-state index in [1.807, 2.05) is 59.7 Å². The van der Waals surface area contributed by atoms with E-state index in [-0.39, 0.29) is 5.91 Å². The second-order valence-electron chi connectivity index (χ2n) is 8.03. The van der Waals surface area contributed by atoms with Crippen molar-refractivity contribution in [2.45, 2.75) is 19.8 Å². The van der Waals surface area contributed by atoms with E-state index in [0.29, 0.717) is 11.7 Å². The predicted molar refractivity (Wildman–Crippen MR) is 131 cm³/mol. The summed E-state index contributed by atoms with van der Waals surface area (Å²) in [5.74, 6) is 1.45. The Balaban J connectivity index is 1.10. The van der Waals surface area contributed by atoms with Crippen LogP contribution in [0, 0.1) is 6.92 Å². The number of carbonyl (C=O) groups is 1. The first-order chi connectivity index (χ1) is 16.2. The molecule has 5 rings (SSSR count). The predicted octanol–water partition coefficient (Wildman–Crippen LogP) is 4.62. The molecule has 0 N–H and O–H groups in total. The van der Waals surface area contributed by atoms with Gasteiger partial charge in [0.15, 0.2) is 0 Å². The van der Waals surface area contributed by atoms with Gasteiger partial charge in [-0.15, -0.1) is 22.7 Å². The Morgan fingerprint density at radius 3 is 2.64 bits per heavy atom. The van der Waals surface area contributed by atoms with Gasteiger partial charge in [0.2, 0.25) is 11.7 Å². The fourth-order valence-corrected chi connectivity index (χ4v) is 5.62. The van der Waals surface area contributed by atoms with Gasteiger partial charge in [-0.3, -0.25) is 9.69 Å². The first-order valence-corrected chi connectivity index (χ1v) is 12.8. The molecule has 0 radical (unpaired) electrons. The Morgan fingerprint density at radius 2 is 1.88 bits per heavy atom. The lowest BCUT2D eigenvalue weighted by Crippen LogP contribution is -2.48. The fraction of sp³-hybridized carbons (Fsp3) is 0.333. The molecule has 1 aliphatic heterocycles. The van der Waals surface area contributed by atoms with Crippen LogP contribution < -0.4 is 0 Å². The molecular weight excluding hydrogens is 454 g/mol. The molecule has 3 aromatic heterocycles. The van der Waals surface area contributed by atoms with Gasteiger partial charge in [-0.05, 0) is 31.3 Å². The summed E-state index contributed by atoms with van der Waals surface area (Å²) >= 11 is 3.10. The van der Waals surface area contributed by atoms with Crippen molar-refractivity contribution >= 4 is 28.6 Å². The van der Waals surface area contributed by atoms with Crippen LogP contribution in [0.4, 0.5) is 0 Å². The summed E-state index contributed by atoms with van der Waals surface area (Å²) < 4.78 is 5.39. The first kappa shape index (κ1) is 21.9. The van der Waals surface area contributed by atoms with Gasteiger partial charge in [0.1, 0.15) is 9.88 Å². The number of thiazole rings is 1. The minimum atomic E-state index is 0.0961. The van der Waals surface area contributed by atoms with E-state index in [2.05, 4.69) is 20.0 Å². The van der Waals surface area contributed by atoms with Crippen molar-refractivity contribution in [3.05, 3.63) is 64.3 Å². The number of benzene rings is 1. The van der Waals surface area contributed by atoms with E-state index < -0.39 is 0 Å². The van der Waals surface area contributed by atoms with Crippen molar-refractivity contribution in [3.63, 3.8) is 0 Å². The fourth-order valence-electron chi connectivity index (χ4n) is 3.93. The molecule has 1 amide bonds. The summed E-state index contributed by atoms with van der Waals surface area (Å²) in [6.45, 7) is 6.10. The van der Waals surface area contributed by atoms with Crippen LogP contribution in [0.25, 0.3) is 21.3 Å². The Hall–Kier alpha value is -2.88. The van der Waals surface area contributed by atoms with Gasteiger partial charge in [-0.1, -0.05) is 41.6 Å².